The minimum atomic E-state index is -0.334. The van der Waals surface area contributed by atoms with Gasteiger partial charge in [0, 0.05) is 35.7 Å². The SMILES string of the molecule is COc1ccc(CN2COc3c(cc4c(C)cc(=O)oc4c3C)C2)cc1OC. The van der Waals surface area contributed by atoms with E-state index >= 15 is 0 Å². The van der Waals surface area contributed by atoms with Crippen LogP contribution in [0.1, 0.15) is 22.3 Å². The van der Waals surface area contributed by atoms with E-state index in [1.165, 1.54) is 6.07 Å². The van der Waals surface area contributed by atoms with E-state index in [1.54, 1.807) is 14.2 Å². The minimum Gasteiger partial charge on any atom is -0.493 e. The molecule has 0 aliphatic carbocycles. The van der Waals surface area contributed by atoms with Crippen molar-refractivity contribution in [1.82, 2.24) is 4.90 Å². The van der Waals surface area contributed by atoms with Crippen LogP contribution in [-0.4, -0.2) is 25.9 Å². The maximum Gasteiger partial charge on any atom is 0.336 e. The van der Waals surface area contributed by atoms with E-state index in [4.69, 9.17) is 18.6 Å². The van der Waals surface area contributed by atoms with Gasteiger partial charge < -0.3 is 18.6 Å². The van der Waals surface area contributed by atoms with Gasteiger partial charge in [-0.2, -0.15) is 0 Å². The number of nitrogens with zero attached hydrogens (tertiary/aromatic N) is 1. The molecule has 6 nitrogen and oxygen atoms in total. The molecular weight excluding hydrogens is 358 g/mol. The lowest BCUT2D eigenvalue weighted by atomic mass is 10.0. The molecule has 0 amide bonds. The minimum absolute atomic E-state index is 0.334. The average Bonchev–Trinajstić information content (AvgIpc) is 2.69. The van der Waals surface area contributed by atoms with Gasteiger partial charge in [-0.15, -0.1) is 0 Å². The van der Waals surface area contributed by atoms with Gasteiger partial charge in [0.15, 0.2) is 11.5 Å². The summed E-state index contributed by atoms with van der Waals surface area (Å²) in [6, 6.07) is 9.52. The van der Waals surface area contributed by atoms with Crippen LogP contribution in [0.4, 0.5) is 0 Å². The quantitative estimate of drug-likeness (QED) is 0.641. The molecule has 0 saturated carbocycles. The van der Waals surface area contributed by atoms with E-state index in [2.05, 4.69) is 11.0 Å². The molecule has 2 heterocycles. The lowest BCUT2D eigenvalue weighted by Gasteiger charge is -2.30. The topological polar surface area (TPSA) is 61.1 Å². The van der Waals surface area contributed by atoms with Gasteiger partial charge in [-0.25, -0.2) is 4.79 Å². The van der Waals surface area contributed by atoms with E-state index in [1.807, 2.05) is 32.0 Å². The van der Waals surface area contributed by atoms with Crippen molar-refractivity contribution in [3.05, 3.63) is 63.0 Å². The number of rotatable bonds is 4. The van der Waals surface area contributed by atoms with Crippen LogP contribution in [-0.2, 0) is 13.1 Å². The first-order valence-electron chi connectivity index (χ1n) is 9.13. The third kappa shape index (κ3) is 3.20. The Labute approximate surface area is 163 Å². The summed E-state index contributed by atoms with van der Waals surface area (Å²) in [5.41, 5.74) is 4.27. The second kappa shape index (κ2) is 7.20. The summed E-state index contributed by atoms with van der Waals surface area (Å²) in [4.78, 5) is 14.0. The number of hydrogen-bond donors (Lipinski definition) is 0. The van der Waals surface area contributed by atoms with Crippen LogP contribution < -0.4 is 19.8 Å². The molecule has 0 bridgehead atoms. The van der Waals surface area contributed by atoms with Crippen molar-refractivity contribution < 1.29 is 18.6 Å². The van der Waals surface area contributed by atoms with Crippen molar-refractivity contribution in [2.75, 3.05) is 21.0 Å². The molecule has 1 aliphatic heterocycles. The van der Waals surface area contributed by atoms with Gasteiger partial charge in [-0.3, -0.25) is 4.90 Å². The molecule has 0 atom stereocenters. The van der Waals surface area contributed by atoms with Crippen LogP contribution in [0.3, 0.4) is 0 Å². The summed E-state index contributed by atoms with van der Waals surface area (Å²) in [6.45, 7) is 5.80. The molecule has 2 aromatic carbocycles. The second-order valence-corrected chi connectivity index (χ2v) is 7.06. The average molecular weight is 381 g/mol. The standard InChI is InChI=1S/C22H23NO5/c1-13-7-20(24)28-22-14(2)21-16(9-17(13)22)11-23(12-27-21)10-15-5-6-18(25-3)19(8-15)26-4/h5-9H,10-12H2,1-4H3. The zero-order valence-electron chi connectivity index (χ0n) is 16.5. The van der Waals surface area contributed by atoms with E-state index in [0.29, 0.717) is 23.8 Å². The molecule has 0 unspecified atom stereocenters. The highest BCUT2D eigenvalue weighted by Crippen LogP contribution is 2.36. The summed E-state index contributed by atoms with van der Waals surface area (Å²) in [7, 11) is 3.26. The molecule has 146 valence electrons. The van der Waals surface area contributed by atoms with Gasteiger partial charge in [0.1, 0.15) is 18.1 Å². The van der Waals surface area contributed by atoms with Crippen molar-refractivity contribution in [3.63, 3.8) is 0 Å². The molecule has 6 heteroatoms. The van der Waals surface area contributed by atoms with Gasteiger partial charge in [0.05, 0.1) is 14.2 Å². The maximum atomic E-state index is 11.7. The summed E-state index contributed by atoms with van der Waals surface area (Å²) in [5, 5.41) is 0.951. The van der Waals surface area contributed by atoms with Crippen LogP contribution in [0.5, 0.6) is 17.2 Å². The Bertz CT molecular complexity index is 1100. The smallest absolute Gasteiger partial charge is 0.336 e. The number of hydrogen-bond acceptors (Lipinski definition) is 6. The zero-order valence-corrected chi connectivity index (χ0v) is 16.5. The number of fused-ring (bicyclic) bond motifs is 2. The summed E-state index contributed by atoms with van der Waals surface area (Å²) in [5.74, 6) is 2.24. The Hall–Kier alpha value is -2.99. The van der Waals surface area contributed by atoms with Crippen molar-refractivity contribution in [3.8, 4) is 17.2 Å². The van der Waals surface area contributed by atoms with Crippen LogP contribution in [0.15, 0.2) is 39.5 Å². The van der Waals surface area contributed by atoms with E-state index in [0.717, 1.165) is 46.5 Å². The first kappa shape index (κ1) is 18.4. The van der Waals surface area contributed by atoms with Crippen LogP contribution in [0, 0.1) is 13.8 Å². The number of aryl methyl sites for hydroxylation is 2. The maximum absolute atomic E-state index is 11.7. The van der Waals surface area contributed by atoms with E-state index in [-0.39, 0.29) is 5.63 Å². The number of ether oxygens (including phenoxy) is 3. The monoisotopic (exact) mass is 381 g/mol. The molecule has 0 fully saturated rings. The highest BCUT2D eigenvalue weighted by atomic mass is 16.5. The molecule has 0 spiro atoms. The van der Waals surface area contributed by atoms with Crippen molar-refractivity contribution in [2.24, 2.45) is 0 Å². The Morgan fingerprint density at radius 2 is 1.86 bits per heavy atom. The fourth-order valence-electron chi connectivity index (χ4n) is 3.76. The van der Waals surface area contributed by atoms with Crippen LogP contribution in [0.2, 0.25) is 0 Å². The van der Waals surface area contributed by atoms with Gasteiger partial charge in [-0.05, 0) is 43.2 Å². The molecule has 0 radical (unpaired) electrons. The largest absolute Gasteiger partial charge is 0.493 e. The lowest BCUT2D eigenvalue weighted by molar-refractivity contribution is 0.0880. The van der Waals surface area contributed by atoms with Gasteiger partial charge in [0.25, 0.3) is 0 Å². The van der Waals surface area contributed by atoms with Gasteiger partial charge in [-0.1, -0.05) is 6.07 Å². The van der Waals surface area contributed by atoms with Crippen LogP contribution in [0.25, 0.3) is 11.0 Å². The zero-order chi connectivity index (χ0) is 19.8. The Balaban J connectivity index is 1.64. The summed E-state index contributed by atoms with van der Waals surface area (Å²) >= 11 is 0. The first-order valence-corrected chi connectivity index (χ1v) is 9.13. The fourth-order valence-corrected chi connectivity index (χ4v) is 3.76. The Morgan fingerprint density at radius 3 is 2.61 bits per heavy atom. The van der Waals surface area contributed by atoms with Crippen molar-refractivity contribution in [2.45, 2.75) is 26.9 Å². The molecule has 1 aromatic heterocycles. The second-order valence-electron chi connectivity index (χ2n) is 7.06. The van der Waals surface area contributed by atoms with Crippen molar-refractivity contribution >= 4 is 11.0 Å². The lowest BCUT2D eigenvalue weighted by Crippen LogP contribution is -2.32. The molecule has 4 rings (SSSR count). The van der Waals surface area contributed by atoms with Crippen molar-refractivity contribution in [1.29, 1.82) is 0 Å². The predicted molar refractivity (Wildman–Crippen MR) is 106 cm³/mol. The highest BCUT2D eigenvalue weighted by Gasteiger charge is 2.23. The molecule has 28 heavy (non-hydrogen) atoms. The first-order chi connectivity index (χ1) is 13.5. The molecular formula is C22H23NO5. The molecule has 1 aliphatic rings. The Kier molecular flexibility index (Phi) is 4.73. The molecule has 3 aromatic rings. The third-order valence-corrected chi connectivity index (χ3v) is 5.14. The normalized spacial score (nSPS) is 13.9. The predicted octanol–water partition coefficient (Wildman–Crippen LogP) is 3.78. The summed E-state index contributed by atoms with van der Waals surface area (Å²) < 4.78 is 22.2. The van der Waals surface area contributed by atoms with E-state index < -0.39 is 0 Å². The third-order valence-electron chi connectivity index (χ3n) is 5.14. The van der Waals surface area contributed by atoms with E-state index in [9.17, 15) is 4.79 Å². The number of methoxy groups -OCH3 is 2. The van der Waals surface area contributed by atoms with Crippen LogP contribution >= 0.6 is 0 Å². The highest BCUT2D eigenvalue weighted by molar-refractivity contribution is 5.86. The van der Waals surface area contributed by atoms with Gasteiger partial charge >= 0.3 is 5.63 Å². The number of benzene rings is 2. The molecule has 0 saturated heterocycles. The fraction of sp³-hybridized carbons (Fsp3) is 0.318. The van der Waals surface area contributed by atoms with Gasteiger partial charge in [0.2, 0.25) is 0 Å². The molecule has 0 N–H and O–H groups in total. The summed E-state index contributed by atoms with van der Waals surface area (Å²) in [6.07, 6.45) is 0. The Morgan fingerprint density at radius 1 is 1.07 bits per heavy atom.